The van der Waals surface area contributed by atoms with E-state index in [-0.39, 0.29) is 5.75 Å². The average molecular weight is 435 g/mol. The molecule has 0 bridgehead atoms. The maximum absolute atomic E-state index is 10.3. The maximum atomic E-state index is 10.3. The second-order valence-electron chi connectivity index (χ2n) is 8.66. The van der Waals surface area contributed by atoms with Gasteiger partial charge < -0.3 is 15.7 Å². The molecule has 1 saturated carbocycles. The van der Waals surface area contributed by atoms with Crippen molar-refractivity contribution in [1.82, 2.24) is 19.9 Å². The Balaban J connectivity index is 1.34. The minimum atomic E-state index is 0.168. The van der Waals surface area contributed by atoms with E-state index in [0.29, 0.717) is 28.9 Å². The first-order chi connectivity index (χ1) is 16.1. The highest BCUT2D eigenvalue weighted by Crippen LogP contribution is 2.34. The van der Waals surface area contributed by atoms with Crippen LogP contribution in [0.5, 0.6) is 5.75 Å². The summed E-state index contributed by atoms with van der Waals surface area (Å²) in [6.07, 6.45) is 5.32. The molecule has 0 spiro atoms. The Hall–Kier alpha value is -3.74. The molecule has 164 valence electrons. The van der Waals surface area contributed by atoms with Crippen LogP contribution in [-0.4, -0.2) is 27.6 Å². The smallest absolute Gasteiger partial charge is 0.150 e. The van der Waals surface area contributed by atoms with Crippen molar-refractivity contribution in [2.24, 2.45) is 5.92 Å². The van der Waals surface area contributed by atoms with Crippen LogP contribution in [0.1, 0.15) is 30.4 Å². The molecule has 2 aromatic heterocycles. The number of hydrogen-bond donors (Lipinski definition) is 3. The van der Waals surface area contributed by atoms with Crippen LogP contribution in [0.25, 0.3) is 16.9 Å². The Morgan fingerprint density at radius 3 is 2.67 bits per heavy atom. The van der Waals surface area contributed by atoms with Gasteiger partial charge in [0.25, 0.3) is 0 Å². The fourth-order valence-corrected chi connectivity index (χ4v) is 3.95. The second-order valence-corrected chi connectivity index (χ2v) is 8.66. The van der Waals surface area contributed by atoms with Gasteiger partial charge in [0, 0.05) is 36.6 Å². The van der Waals surface area contributed by atoms with Crippen LogP contribution >= 0.6 is 0 Å². The molecule has 0 atom stereocenters. The van der Waals surface area contributed by atoms with Gasteiger partial charge in [-0.05, 0) is 53.9 Å². The lowest BCUT2D eigenvalue weighted by molar-refractivity contribution is 0.477. The first kappa shape index (κ1) is 21.1. The molecular formula is C26H26BN5O. The summed E-state index contributed by atoms with van der Waals surface area (Å²) in [7, 11) is 6.10. The topological polar surface area (TPSA) is 74.5 Å². The Bertz CT molecular complexity index is 1310. The maximum Gasteiger partial charge on any atom is 0.150 e. The summed E-state index contributed by atoms with van der Waals surface area (Å²) < 4.78 is 1.69. The first-order valence-corrected chi connectivity index (χ1v) is 11.2. The summed E-state index contributed by atoms with van der Waals surface area (Å²) >= 11 is 0. The van der Waals surface area contributed by atoms with Gasteiger partial charge in [-0.3, -0.25) is 0 Å². The highest BCUT2D eigenvalue weighted by atomic mass is 16.3. The van der Waals surface area contributed by atoms with E-state index in [1.807, 2.05) is 18.2 Å². The number of nitrogens with one attached hydrogen (secondary N) is 2. The highest BCUT2D eigenvalue weighted by molar-refractivity contribution is 6.36. The van der Waals surface area contributed by atoms with Crippen molar-refractivity contribution >= 4 is 24.8 Å². The molecular weight excluding hydrogens is 409 g/mol. The first-order valence-electron chi connectivity index (χ1n) is 11.2. The molecule has 0 aliphatic heterocycles. The quantitative estimate of drug-likeness (QED) is 0.348. The molecule has 4 aromatic rings. The fourth-order valence-electron chi connectivity index (χ4n) is 3.95. The Labute approximate surface area is 194 Å². The number of aromatic nitrogens is 3. The van der Waals surface area contributed by atoms with Gasteiger partial charge in [-0.2, -0.15) is 9.61 Å². The van der Waals surface area contributed by atoms with Crippen molar-refractivity contribution in [3.63, 3.8) is 0 Å². The number of phenols is 1. The third kappa shape index (κ3) is 4.87. The van der Waals surface area contributed by atoms with Crippen LogP contribution < -0.4 is 16.1 Å². The van der Waals surface area contributed by atoms with Crippen LogP contribution in [0.15, 0.2) is 73.1 Å². The van der Waals surface area contributed by atoms with Gasteiger partial charge in [-0.15, -0.1) is 0 Å². The van der Waals surface area contributed by atoms with Gasteiger partial charge >= 0.3 is 0 Å². The van der Waals surface area contributed by atoms with Crippen molar-refractivity contribution < 1.29 is 5.11 Å². The number of hydrogen-bond acceptors (Lipinski definition) is 5. The van der Waals surface area contributed by atoms with E-state index in [0.717, 1.165) is 36.0 Å². The van der Waals surface area contributed by atoms with E-state index in [2.05, 4.69) is 51.6 Å². The molecule has 2 aromatic carbocycles. The molecule has 2 heterocycles. The summed E-state index contributed by atoms with van der Waals surface area (Å²) in [5.41, 5.74) is 5.78. The Morgan fingerprint density at radius 2 is 1.88 bits per heavy atom. The van der Waals surface area contributed by atoms with Gasteiger partial charge in [-0.1, -0.05) is 43.0 Å². The van der Waals surface area contributed by atoms with E-state index in [1.165, 1.54) is 18.4 Å². The fraction of sp³-hybridized carbons (Fsp3) is 0.231. The van der Waals surface area contributed by atoms with Gasteiger partial charge in [0.15, 0.2) is 5.65 Å². The molecule has 1 fully saturated rings. The molecule has 1 aliphatic rings. The van der Waals surface area contributed by atoms with Crippen molar-refractivity contribution in [3.8, 4) is 17.0 Å². The van der Waals surface area contributed by atoms with Crippen LogP contribution in [0.3, 0.4) is 0 Å². The molecule has 6 nitrogen and oxygen atoms in total. The number of aromatic hydroxyl groups is 1. The van der Waals surface area contributed by atoms with Crippen molar-refractivity contribution in [3.05, 3.63) is 84.2 Å². The third-order valence-electron chi connectivity index (χ3n) is 5.92. The SMILES string of the molecule is [B]c1cnn2c(NCc3cccc(CNC(=C)CC4CC4)c3)cc(-c3ccccc3O)nc12. The number of benzene rings is 2. The number of fused-ring (bicyclic) bond motifs is 1. The molecule has 33 heavy (non-hydrogen) atoms. The van der Waals surface area contributed by atoms with Gasteiger partial charge in [0.05, 0.1) is 5.69 Å². The second kappa shape index (κ2) is 9.02. The van der Waals surface area contributed by atoms with Gasteiger partial charge in [0.1, 0.15) is 19.4 Å². The number of para-hydroxylation sites is 1. The standard InChI is InChI=1S/C26H26BN5O/c1-17(11-18-9-10-18)28-14-19-5-4-6-20(12-19)15-29-25-13-23(21-7-2-3-8-24(21)33)31-26-22(27)16-30-32(25)26/h2-8,12-13,16,18,28-29,33H,1,9-11,14-15H2. The minimum Gasteiger partial charge on any atom is -0.507 e. The van der Waals surface area contributed by atoms with E-state index in [1.54, 1.807) is 22.8 Å². The number of anilines is 1. The van der Waals surface area contributed by atoms with Crippen molar-refractivity contribution in [2.75, 3.05) is 5.32 Å². The zero-order valence-electron chi connectivity index (χ0n) is 18.5. The lowest BCUT2D eigenvalue weighted by Crippen LogP contribution is -2.13. The molecule has 5 rings (SSSR count). The third-order valence-corrected chi connectivity index (χ3v) is 5.92. The van der Waals surface area contributed by atoms with Crippen LogP contribution in [0.2, 0.25) is 0 Å². The van der Waals surface area contributed by atoms with Crippen LogP contribution in [-0.2, 0) is 13.1 Å². The Kier molecular flexibility index (Phi) is 5.77. The average Bonchev–Trinajstić information content (AvgIpc) is 3.56. The zero-order chi connectivity index (χ0) is 22.8. The van der Waals surface area contributed by atoms with Crippen molar-refractivity contribution in [1.29, 1.82) is 0 Å². The minimum absolute atomic E-state index is 0.168. The monoisotopic (exact) mass is 435 g/mol. The lowest BCUT2D eigenvalue weighted by Gasteiger charge is -2.13. The molecule has 7 heteroatoms. The normalized spacial score (nSPS) is 13.2. The summed E-state index contributed by atoms with van der Waals surface area (Å²) in [5, 5.41) is 21.6. The number of nitrogens with zero attached hydrogens (tertiary/aromatic N) is 3. The summed E-state index contributed by atoms with van der Waals surface area (Å²) in [5.74, 6) is 1.75. The van der Waals surface area contributed by atoms with Gasteiger partial charge in [0.2, 0.25) is 0 Å². The molecule has 3 N–H and O–H groups in total. The number of rotatable bonds is 9. The largest absolute Gasteiger partial charge is 0.507 e. The highest BCUT2D eigenvalue weighted by Gasteiger charge is 2.21. The predicted octanol–water partition coefficient (Wildman–Crippen LogP) is 3.91. The number of phenolic OH excluding ortho intramolecular Hbond substituents is 1. The van der Waals surface area contributed by atoms with Crippen LogP contribution in [0, 0.1) is 5.92 Å². The van der Waals surface area contributed by atoms with E-state index in [9.17, 15) is 5.11 Å². The molecule has 0 amide bonds. The molecule has 2 radical (unpaired) electrons. The molecule has 0 saturated heterocycles. The lowest BCUT2D eigenvalue weighted by atomic mass is 10.0. The summed E-state index contributed by atoms with van der Waals surface area (Å²) in [6, 6.07) is 17.5. The predicted molar refractivity (Wildman–Crippen MR) is 133 cm³/mol. The summed E-state index contributed by atoms with van der Waals surface area (Å²) in [6.45, 7) is 5.53. The van der Waals surface area contributed by atoms with E-state index >= 15 is 0 Å². The van der Waals surface area contributed by atoms with Crippen LogP contribution in [0.4, 0.5) is 5.82 Å². The molecule has 0 unspecified atom stereocenters. The Morgan fingerprint density at radius 1 is 1.09 bits per heavy atom. The van der Waals surface area contributed by atoms with E-state index < -0.39 is 0 Å². The zero-order valence-corrected chi connectivity index (χ0v) is 18.5. The molecule has 1 aliphatic carbocycles. The van der Waals surface area contributed by atoms with E-state index in [4.69, 9.17) is 7.85 Å². The summed E-state index contributed by atoms with van der Waals surface area (Å²) in [4.78, 5) is 4.62. The van der Waals surface area contributed by atoms with Crippen molar-refractivity contribution in [2.45, 2.75) is 32.4 Å². The van der Waals surface area contributed by atoms with Gasteiger partial charge in [-0.25, -0.2) is 4.98 Å². The number of allylic oxidation sites excluding steroid dienone is 1.